The second kappa shape index (κ2) is 7.09. The molecular formula is C20H24. The van der Waals surface area contributed by atoms with Crippen molar-refractivity contribution in [2.24, 2.45) is 5.92 Å². The molecule has 2 rings (SSSR count). The number of rotatable bonds is 4. The molecule has 0 saturated heterocycles. The lowest BCUT2D eigenvalue weighted by molar-refractivity contribution is 0.739. The average Bonchev–Trinajstić information content (AvgIpc) is 2.48. The van der Waals surface area contributed by atoms with Gasteiger partial charge in [-0.1, -0.05) is 74.6 Å². The molecule has 0 heterocycles. The lowest BCUT2D eigenvalue weighted by atomic mass is 9.93. The first-order chi connectivity index (χ1) is 9.74. The topological polar surface area (TPSA) is 0 Å². The van der Waals surface area contributed by atoms with Crippen molar-refractivity contribution < 1.29 is 0 Å². The lowest BCUT2D eigenvalue weighted by Crippen LogP contribution is -1.94. The molecule has 1 aliphatic carbocycles. The Morgan fingerprint density at radius 1 is 1.25 bits per heavy atom. The highest BCUT2D eigenvalue weighted by molar-refractivity contribution is 5.78. The normalized spacial score (nSPS) is 19.4. The molecule has 0 amide bonds. The minimum atomic E-state index is 0.673. The van der Waals surface area contributed by atoms with Gasteiger partial charge in [0.05, 0.1) is 0 Å². The molecule has 0 heteroatoms. The van der Waals surface area contributed by atoms with E-state index < -0.39 is 0 Å². The van der Waals surface area contributed by atoms with Gasteiger partial charge in [0.15, 0.2) is 0 Å². The van der Waals surface area contributed by atoms with Gasteiger partial charge in [0.1, 0.15) is 0 Å². The van der Waals surface area contributed by atoms with Crippen LogP contribution in [-0.4, -0.2) is 0 Å². The maximum absolute atomic E-state index is 2.34. The molecular weight excluding hydrogens is 240 g/mol. The highest BCUT2D eigenvalue weighted by Crippen LogP contribution is 2.26. The summed E-state index contributed by atoms with van der Waals surface area (Å²) in [6, 6.07) is 8.91. The Morgan fingerprint density at radius 3 is 2.55 bits per heavy atom. The van der Waals surface area contributed by atoms with Crippen molar-refractivity contribution in [2.45, 2.75) is 33.6 Å². The summed E-state index contributed by atoms with van der Waals surface area (Å²) in [6.07, 6.45) is 15.7. The van der Waals surface area contributed by atoms with E-state index in [4.69, 9.17) is 0 Å². The van der Waals surface area contributed by atoms with Gasteiger partial charge in [0.25, 0.3) is 0 Å². The van der Waals surface area contributed by atoms with Crippen molar-refractivity contribution in [3.8, 4) is 0 Å². The molecule has 0 bridgehead atoms. The van der Waals surface area contributed by atoms with Crippen LogP contribution in [0, 0.1) is 5.92 Å². The van der Waals surface area contributed by atoms with E-state index >= 15 is 0 Å². The van der Waals surface area contributed by atoms with E-state index in [0.717, 1.165) is 12.8 Å². The number of benzene rings is 1. The molecule has 0 aromatic heterocycles. The zero-order valence-electron chi connectivity index (χ0n) is 12.8. The molecule has 0 fully saturated rings. The second-order valence-electron chi connectivity index (χ2n) is 5.38. The smallest absolute Gasteiger partial charge is 0.0187 e. The van der Waals surface area contributed by atoms with Crippen LogP contribution in [0.4, 0.5) is 0 Å². The summed E-state index contributed by atoms with van der Waals surface area (Å²) < 4.78 is 0. The SMILES string of the molecule is C/C=C\C(=C/CC)c1ccc(C2=CCC(C)C=C2)cc1. The lowest BCUT2D eigenvalue weighted by Gasteiger charge is -2.12. The molecule has 1 aliphatic rings. The first kappa shape index (κ1) is 14.6. The molecule has 0 nitrogen and oxygen atoms in total. The van der Waals surface area contributed by atoms with E-state index in [0.29, 0.717) is 5.92 Å². The van der Waals surface area contributed by atoms with Crippen LogP contribution in [-0.2, 0) is 0 Å². The molecule has 0 N–H and O–H groups in total. The summed E-state index contributed by atoms with van der Waals surface area (Å²) in [5, 5.41) is 0. The van der Waals surface area contributed by atoms with Crippen molar-refractivity contribution in [1.82, 2.24) is 0 Å². The van der Waals surface area contributed by atoms with Crippen molar-refractivity contribution >= 4 is 11.1 Å². The largest absolute Gasteiger partial charge is 0.0871 e. The van der Waals surface area contributed by atoms with Gasteiger partial charge in [-0.25, -0.2) is 0 Å². The van der Waals surface area contributed by atoms with Crippen LogP contribution in [0.25, 0.3) is 11.1 Å². The molecule has 0 radical (unpaired) electrons. The second-order valence-corrected chi connectivity index (χ2v) is 5.38. The molecule has 104 valence electrons. The van der Waals surface area contributed by atoms with E-state index in [-0.39, 0.29) is 0 Å². The quantitative estimate of drug-likeness (QED) is 0.582. The highest BCUT2D eigenvalue weighted by atomic mass is 14.1. The number of hydrogen-bond acceptors (Lipinski definition) is 0. The monoisotopic (exact) mass is 264 g/mol. The van der Waals surface area contributed by atoms with Gasteiger partial charge >= 0.3 is 0 Å². The predicted molar refractivity (Wildman–Crippen MR) is 90.4 cm³/mol. The van der Waals surface area contributed by atoms with Crippen molar-refractivity contribution in [1.29, 1.82) is 0 Å². The highest BCUT2D eigenvalue weighted by Gasteiger charge is 2.06. The first-order valence-electron chi connectivity index (χ1n) is 7.56. The Hall–Kier alpha value is -1.82. The van der Waals surface area contributed by atoms with E-state index in [1.54, 1.807) is 0 Å². The Balaban J connectivity index is 2.22. The zero-order chi connectivity index (χ0) is 14.4. The van der Waals surface area contributed by atoms with Crippen LogP contribution in [0.15, 0.2) is 60.7 Å². The molecule has 0 saturated carbocycles. The van der Waals surface area contributed by atoms with Gasteiger partial charge < -0.3 is 0 Å². The fraction of sp³-hybridized carbons (Fsp3) is 0.300. The third-order valence-corrected chi connectivity index (χ3v) is 3.64. The van der Waals surface area contributed by atoms with E-state index in [1.165, 1.54) is 22.3 Å². The van der Waals surface area contributed by atoms with Crippen molar-refractivity contribution in [3.63, 3.8) is 0 Å². The Bertz CT molecular complexity index is 550. The van der Waals surface area contributed by atoms with Crippen LogP contribution in [0.2, 0.25) is 0 Å². The molecule has 0 aliphatic heterocycles. The standard InChI is InChI=1S/C20H24/c1-4-6-17(7-5-2)19-12-14-20(15-13-19)18-10-8-16(3)9-11-18/h4,6-8,10-16H,5,9H2,1-3H3/b6-4-,17-7+. The van der Waals surface area contributed by atoms with Gasteiger partial charge in [0.2, 0.25) is 0 Å². The third kappa shape index (κ3) is 3.60. The molecule has 1 unspecified atom stereocenters. The van der Waals surface area contributed by atoms with Crippen LogP contribution >= 0.6 is 0 Å². The van der Waals surface area contributed by atoms with E-state index in [1.807, 2.05) is 0 Å². The maximum atomic E-state index is 2.34. The van der Waals surface area contributed by atoms with Gasteiger partial charge in [-0.15, -0.1) is 0 Å². The van der Waals surface area contributed by atoms with Gasteiger partial charge in [-0.05, 0) is 48.0 Å². The summed E-state index contributed by atoms with van der Waals surface area (Å²) in [4.78, 5) is 0. The number of allylic oxidation sites excluding steroid dienone is 8. The predicted octanol–water partition coefficient (Wildman–Crippen LogP) is 6.04. The van der Waals surface area contributed by atoms with Crippen LogP contribution < -0.4 is 0 Å². The number of hydrogen-bond donors (Lipinski definition) is 0. The maximum Gasteiger partial charge on any atom is -0.0187 e. The molecule has 1 aromatic carbocycles. The van der Waals surface area contributed by atoms with Gasteiger partial charge in [-0.3, -0.25) is 0 Å². The van der Waals surface area contributed by atoms with Crippen LogP contribution in [0.3, 0.4) is 0 Å². The summed E-state index contributed by atoms with van der Waals surface area (Å²) in [5.41, 5.74) is 5.26. The summed E-state index contributed by atoms with van der Waals surface area (Å²) in [7, 11) is 0. The van der Waals surface area contributed by atoms with Gasteiger partial charge in [-0.2, -0.15) is 0 Å². The third-order valence-electron chi connectivity index (χ3n) is 3.64. The fourth-order valence-corrected chi connectivity index (χ4v) is 2.48. The van der Waals surface area contributed by atoms with E-state index in [2.05, 4.69) is 81.5 Å². The Labute approximate surface area is 123 Å². The summed E-state index contributed by atoms with van der Waals surface area (Å²) >= 11 is 0. The molecule has 1 aromatic rings. The minimum absolute atomic E-state index is 0.673. The first-order valence-corrected chi connectivity index (χ1v) is 7.56. The zero-order valence-corrected chi connectivity index (χ0v) is 12.8. The molecule has 0 spiro atoms. The van der Waals surface area contributed by atoms with E-state index in [9.17, 15) is 0 Å². The van der Waals surface area contributed by atoms with Gasteiger partial charge in [0, 0.05) is 0 Å². The molecule has 20 heavy (non-hydrogen) atoms. The Morgan fingerprint density at radius 2 is 2.00 bits per heavy atom. The molecule has 1 atom stereocenters. The van der Waals surface area contributed by atoms with Crippen LogP contribution in [0.5, 0.6) is 0 Å². The summed E-state index contributed by atoms with van der Waals surface area (Å²) in [5.74, 6) is 0.673. The minimum Gasteiger partial charge on any atom is -0.0871 e. The van der Waals surface area contributed by atoms with Crippen LogP contribution in [0.1, 0.15) is 44.7 Å². The summed E-state index contributed by atoms with van der Waals surface area (Å²) in [6.45, 7) is 6.50. The Kier molecular flexibility index (Phi) is 5.17. The van der Waals surface area contributed by atoms with Crippen molar-refractivity contribution in [2.75, 3.05) is 0 Å². The van der Waals surface area contributed by atoms with Crippen molar-refractivity contribution in [3.05, 3.63) is 71.8 Å². The average molecular weight is 264 g/mol. The fourth-order valence-electron chi connectivity index (χ4n) is 2.48.